The van der Waals surface area contributed by atoms with E-state index in [0.29, 0.717) is 16.9 Å². The van der Waals surface area contributed by atoms with Crippen molar-refractivity contribution in [2.24, 2.45) is 5.73 Å². The van der Waals surface area contributed by atoms with Crippen LogP contribution in [-0.2, 0) is 14.3 Å². The van der Waals surface area contributed by atoms with Gasteiger partial charge >= 0.3 is 5.97 Å². The standard InChI is InChI=1S/C24H22N2O4/c1-4-29-24(28)21-15(3)30-23(26)20(13-25)22(21)17-10-8-16(9-11-17)19-7-5-6-18(12-19)14(2)27/h5-12,22H,4,26H2,1-3H3. The van der Waals surface area contributed by atoms with Gasteiger partial charge in [0.05, 0.1) is 18.1 Å². The molecule has 0 radical (unpaired) electrons. The highest BCUT2D eigenvalue weighted by Gasteiger charge is 2.36. The lowest BCUT2D eigenvalue weighted by atomic mass is 9.82. The van der Waals surface area contributed by atoms with Crippen molar-refractivity contribution in [1.29, 1.82) is 5.26 Å². The summed E-state index contributed by atoms with van der Waals surface area (Å²) in [5, 5.41) is 9.65. The molecule has 0 saturated carbocycles. The molecule has 1 atom stereocenters. The summed E-state index contributed by atoms with van der Waals surface area (Å²) >= 11 is 0. The van der Waals surface area contributed by atoms with Crippen molar-refractivity contribution in [2.75, 3.05) is 6.61 Å². The number of nitriles is 1. The molecule has 30 heavy (non-hydrogen) atoms. The molecule has 0 aliphatic carbocycles. The molecule has 1 heterocycles. The van der Waals surface area contributed by atoms with Crippen LogP contribution in [-0.4, -0.2) is 18.4 Å². The van der Waals surface area contributed by atoms with Gasteiger partial charge in [-0.25, -0.2) is 4.79 Å². The molecule has 1 aliphatic heterocycles. The number of nitrogens with zero attached hydrogens (tertiary/aromatic N) is 1. The maximum absolute atomic E-state index is 12.6. The quantitative estimate of drug-likeness (QED) is 0.594. The van der Waals surface area contributed by atoms with E-state index < -0.39 is 11.9 Å². The van der Waals surface area contributed by atoms with Crippen LogP contribution in [0.2, 0.25) is 0 Å². The van der Waals surface area contributed by atoms with Gasteiger partial charge < -0.3 is 15.2 Å². The fraction of sp³-hybridized carbons (Fsp3) is 0.208. The highest BCUT2D eigenvalue weighted by molar-refractivity contribution is 5.95. The number of allylic oxidation sites excluding steroid dienone is 2. The first-order valence-corrected chi connectivity index (χ1v) is 9.54. The van der Waals surface area contributed by atoms with Gasteiger partial charge in [0, 0.05) is 5.56 Å². The van der Waals surface area contributed by atoms with Crippen LogP contribution in [0.5, 0.6) is 0 Å². The van der Waals surface area contributed by atoms with Crippen LogP contribution in [0.15, 0.2) is 71.3 Å². The number of ketones is 1. The van der Waals surface area contributed by atoms with Crippen LogP contribution in [0.25, 0.3) is 11.1 Å². The third-order valence-corrected chi connectivity index (χ3v) is 4.95. The topological polar surface area (TPSA) is 102 Å². The van der Waals surface area contributed by atoms with Crippen LogP contribution < -0.4 is 5.73 Å². The van der Waals surface area contributed by atoms with E-state index in [1.807, 2.05) is 42.5 Å². The van der Waals surface area contributed by atoms with Crippen molar-refractivity contribution in [2.45, 2.75) is 26.7 Å². The lowest BCUT2D eigenvalue weighted by Gasteiger charge is -2.27. The van der Waals surface area contributed by atoms with Crippen LogP contribution >= 0.6 is 0 Å². The molecule has 0 spiro atoms. The molecule has 0 amide bonds. The summed E-state index contributed by atoms with van der Waals surface area (Å²) in [5.74, 6) is -0.937. The summed E-state index contributed by atoms with van der Waals surface area (Å²) in [6.45, 7) is 5.07. The number of Topliss-reactive ketones (excluding diaryl/α,β-unsaturated/α-hetero) is 1. The summed E-state index contributed by atoms with van der Waals surface area (Å²) in [5.41, 5.74) is 9.50. The Balaban J connectivity index is 2.05. The first kappa shape index (κ1) is 20.9. The molecule has 2 aromatic carbocycles. The lowest BCUT2D eigenvalue weighted by molar-refractivity contribution is -0.139. The molecule has 0 aromatic heterocycles. The third kappa shape index (κ3) is 3.96. The monoisotopic (exact) mass is 402 g/mol. The van der Waals surface area contributed by atoms with Gasteiger partial charge in [-0.1, -0.05) is 42.5 Å². The predicted molar refractivity (Wildman–Crippen MR) is 112 cm³/mol. The molecule has 0 saturated heterocycles. The van der Waals surface area contributed by atoms with Crippen LogP contribution in [0.4, 0.5) is 0 Å². The lowest BCUT2D eigenvalue weighted by Crippen LogP contribution is -2.25. The molecule has 0 bridgehead atoms. The first-order chi connectivity index (χ1) is 14.4. The summed E-state index contributed by atoms with van der Waals surface area (Å²) < 4.78 is 10.6. The Morgan fingerprint density at radius 2 is 1.87 bits per heavy atom. The second-order valence-electron chi connectivity index (χ2n) is 6.87. The molecule has 1 aliphatic rings. The second-order valence-corrected chi connectivity index (χ2v) is 6.87. The zero-order valence-corrected chi connectivity index (χ0v) is 17.1. The number of rotatable bonds is 5. The van der Waals surface area contributed by atoms with Crippen molar-refractivity contribution in [3.05, 3.63) is 82.4 Å². The Kier molecular flexibility index (Phi) is 6.03. The highest BCUT2D eigenvalue weighted by atomic mass is 16.5. The number of nitrogens with two attached hydrogens (primary N) is 1. The van der Waals surface area contributed by atoms with E-state index >= 15 is 0 Å². The van der Waals surface area contributed by atoms with Gasteiger partial charge in [0.1, 0.15) is 17.4 Å². The maximum atomic E-state index is 12.6. The van der Waals surface area contributed by atoms with Crippen LogP contribution in [0.3, 0.4) is 0 Å². The van der Waals surface area contributed by atoms with Crippen molar-refractivity contribution in [3.63, 3.8) is 0 Å². The molecular weight excluding hydrogens is 380 g/mol. The van der Waals surface area contributed by atoms with Crippen molar-refractivity contribution in [1.82, 2.24) is 0 Å². The minimum absolute atomic E-state index is 0.00496. The number of carbonyl (C=O) groups is 2. The maximum Gasteiger partial charge on any atom is 0.338 e. The Morgan fingerprint density at radius 1 is 1.17 bits per heavy atom. The van der Waals surface area contributed by atoms with Crippen molar-refractivity contribution in [3.8, 4) is 17.2 Å². The number of carbonyl (C=O) groups excluding carboxylic acids is 2. The minimum Gasteiger partial charge on any atom is -0.463 e. The molecule has 6 nitrogen and oxygen atoms in total. The van der Waals surface area contributed by atoms with E-state index in [4.69, 9.17) is 15.2 Å². The van der Waals surface area contributed by atoms with Gasteiger partial charge in [0.15, 0.2) is 5.78 Å². The van der Waals surface area contributed by atoms with Gasteiger partial charge in [0.25, 0.3) is 0 Å². The Labute approximate surface area is 175 Å². The molecule has 3 rings (SSSR count). The smallest absolute Gasteiger partial charge is 0.338 e. The fourth-order valence-electron chi connectivity index (χ4n) is 3.47. The first-order valence-electron chi connectivity index (χ1n) is 9.54. The molecule has 2 N–H and O–H groups in total. The SMILES string of the molecule is CCOC(=O)C1=C(C)OC(N)=C(C#N)C1c1ccc(-c2cccc(C(C)=O)c2)cc1. The third-order valence-electron chi connectivity index (χ3n) is 4.95. The van der Waals surface area contributed by atoms with Gasteiger partial charge in [-0.3, -0.25) is 4.79 Å². The number of hydrogen-bond donors (Lipinski definition) is 1. The van der Waals surface area contributed by atoms with Crippen molar-refractivity contribution >= 4 is 11.8 Å². The normalized spacial score (nSPS) is 16.0. The van der Waals surface area contributed by atoms with Crippen molar-refractivity contribution < 1.29 is 19.1 Å². The Bertz CT molecular complexity index is 1100. The highest BCUT2D eigenvalue weighted by Crippen LogP contribution is 2.40. The molecule has 152 valence electrons. The summed E-state index contributed by atoms with van der Waals surface area (Å²) in [4.78, 5) is 24.3. The summed E-state index contributed by atoms with van der Waals surface area (Å²) in [6, 6.07) is 16.9. The van der Waals surface area contributed by atoms with E-state index in [2.05, 4.69) is 6.07 Å². The number of esters is 1. The minimum atomic E-state index is -0.680. The van der Waals surface area contributed by atoms with E-state index in [0.717, 1.165) is 11.1 Å². The average Bonchev–Trinajstić information content (AvgIpc) is 2.73. The van der Waals surface area contributed by atoms with Gasteiger partial charge in [-0.2, -0.15) is 5.26 Å². The summed E-state index contributed by atoms with van der Waals surface area (Å²) in [6.07, 6.45) is 0. The largest absolute Gasteiger partial charge is 0.463 e. The van der Waals surface area contributed by atoms with Crippen LogP contribution in [0, 0.1) is 11.3 Å². The van der Waals surface area contributed by atoms with E-state index in [9.17, 15) is 14.9 Å². The zero-order valence-electron chi connectivity index (χ0n) is 17.1. The average molecular weight is 402 g/mol. The van der Waals surface area contributed by atoms with Gasteiger partial charge in [-0.05, 0) is 43.5 Å². The number of ether oxygens (including phenoxy) is 2. The van der Waals surface area contributed by atoms with E-state index in [1.165, 1.54) is 6.92 Å². The molecular formula is C24H22N2O4. The fourth-order valence-corrected chi connectivity index (χ4v) is 3.47. The zero-order chi connectivity index (χ0) is 21.8. The molecule has 0 fully saturated rings. The molecule has 6 heteroatoms. The van der Waals surface area contributed by atoms with Gasteiger partial charge in [-0.15, -0.1) is 0 Å². The molecule has 1 unspecified atom stereocenters. The second kappa shape index (κ2) is 8.66. The van der Waals surface area contributed by atoms with E-state index in [1.54, 1.807) is 19.9 Å². The summed E-state index contributed by atoms with van der Waals surface area (Å²) in [7, 11) is 0. The van der Waals surface area contributed by atoms with E-state index in [-0.39, 0.29) is 29.4 Å². The number of hydrogen-bond acceptors (Lipinski definition) is 6. The number of benzene rings is 2. The molecule has 2 aromatic rings. The predicted octanol–water partition coefficient (Wildman–Crippen LogP) is 4.20. The van der Waals surface area contributed by atoms with Crippen LogP contribution in [0.1, 0.15) is 42.6 Å². The Morgan fingerprint density at radius 3 is 2.47 bits per heavy atom. The Hall–Kier alpha value is -3.85. The van der Waals surface area contributed by atoms with Gasteiger partial charge in [0.2, 0.25) is 5.88 Å².